The first-order valence-electron chi connectivity index (χ1n) is 8.52. The summed E-state index contributed by atoms with van der Waals surface area (Å²) in [6.45, 7) is 3.48. The van der Waals surface area contributed by atoms with Gasteiger partial charge in [0.25, 0.3) is 0 Å². The SMILES string of the molecule is COc1ccc(S(=O)(=O)N2CCC(N3CCCC3)CC2)cc1OC. The van der Waals surface area contributed by atoms with Crippen LogP contribution in [0, 0.1) is 0 Å². The molecule has 0 spiro atoms. The molecule has 0 aromatic heterocycles. The number of benzene rings is 1. The summed E-state index contributed by atoms with van der Waals surface area (Å²) in [5.41, 5.74) is 0. The molecule has 0 radical (unpaired) electrons. The van der Waals surface area contributed by atoms with Crippen LogP contribution in [0.2, 0.25) is 0 Å². The Balaban J connectivity index is 1.72. The summed E-state index contributed by atoms with van der Waals surface area (Å²) in [6.07, 6.45) is 4.35. The lowest BCUT2D eigenvalue weighted by Gasteiger charge is -2.36. The van der Waals surface area contributed by atoms with E-state index in [1.54, 1.807) is 22.5 Å². The Hall–Kier alpha value is -1.31. The van der Waals surface area contributed by atoms with E-state index in [2.05, 4.69) is 4.90 Å². The molecule has 2 aliphatic rings. The second-order valence-electron chi connectivity index (χ2n) is 6.40. The maximum Gasteiger partial charge on any atom is 0.243 e. The molecule has 134 valence electrons. The van der Waals surface area contributed by atoms with Crippen LogP contribution in [0.25, 0.3) is 0 Å². The summed E-state index contributed by atoms with van der Waals surface area (Å²) in [5, 5.41) is 0. The molecule has 3 rings (SSSR count). The third-order valence-electron chi connectivity index (χ3n) is 5.07. The normalized spacial score (nSPS) is 21.1. The first-order chi connectivity index (χ1) is 11.6. The summed E-state index contributed by atoms with van der Waals surface area (Å²) in [5.74, 6) is 0.967. The Morgan fingerprint density at radius 1 is 0.958 bits per heavy atom. The summed E-state index contributed by atoms with van der Waals surface area (Å²) >= 11 is 0. The molecular formula is C17H26N2O4S. The molecule has 0 aliphatic carbocycles. The van der Waals surface area contributed by atoms with Crippen LogP contribution < -0.4 is 9.47 Å². The summed E-state index contributed by atoms with van der Waals surface area (Å²) in [4.78, 5) is 2.78. The van der Waals surface area contributed by atoms with Gasteiger partial charge in [0.1, 0.15) is 0 Å². The van der Waals surface area contributed by atoms with Crippen molar-refractivity contribution < 1.29 is 17.9 Å². The van der Waals surface area contributed by atoms with Gasteiger partial charge in [-0.3, -0.25) is 0 Å². The van der Waals surface area contributed by atoms with Gasteiger partial charge >= 0.3 is 0 Å². The standard InChI is InChI=1S/C17H26N2O4S/c1-22-16-6-5-15(13-17(16)23-2)24(20,21)19-11-7-14(8-12-19)18-9-3-4-10-18/h5-6,13-14H,3-4,7-12H2,1-2H3. The highest BCUT2D eigenvalue weighted by molar-refractivity contribution is 7.89. The van der Waals surface area contributed by atoms with Crippen LogP contribution in [0.1, 0.15) is 25.7 Å². The van der Waals surface area contributed by atoms with Crippen molar-refractivity contribution in [2.75, 3.05) is 40.4 Å². The highest BCUT2D eigenvalue weighted by Crippen LogP contribution is 2.32. The van der Waals surface area contributed by atoms with E-state index in [0.29, 0.717) is 30.6 Å². The van der Waals surface area contributed by atoms with Crippen LogP contribution in [0.4, 0.5) is 0 Å². The number of hydrogen-bond donors (Lipinski definition) is 0. The summed E-state index contributed by atoms with van der Waals surface area (Å²) < 4.78 is 37.8. The van der Waals surface area contributed by atoms with Crippen molar-refractivity contribution in [2.45, 2.75) is 36.6 Å². The van der Waals surface area contributed by atoms with Crippen molar-refractivity contribution >= 4 is 10.0 Å². The molecule has 0 atom stereocenters. The minimum atomic E-state index is -3.49. The van der Waals surface area contributed by atoms with E-state index in [4.69, 9.17) is 9.47 Å². The van der Waals surface area contributed by atoms with E-state index >= 15 is 0 Å². The molecule has 0 amide bonds. The van der Waals surface area contributed by atoms with Crippen LogP contribution in [-0.2, 0) is 10.0 Å². The van der Waals surface area contributed by atoms with Gasteiger partial charge in [-0.25, -0.2) is 8.42 Å². The van der Waals surface area contributed by atoms with Crippen molar-refractivity contribution in [1.29, 1.82) is 0 Å². The molecule has 2 heterocycles. The second kappa shape index (κ2) is 7.29. The van der Waals surface area contributed by atoms with Gasteiger partial charge in [0.15, 0.2) is 11.5 Å². The molecule has 0 bridgehead atoms. The maximum atomic E-state index is 12.9. The van der Waals surface area contributed by atoms with E-state index < -0.39 is 10.0 Å². The topological polar surface area (TPSA) is 59.1 Å². The number of rotatable bonds is 5. The Morgan fingerprint density at radius 3 is 2.17 bits per heavy atom. The van der Waals surface area contributed by atoms with E-state index in [1.165, 1.54) is 27.1 Å². The van der Waals surface area contributed by atoms with Crippen LogP contribution in [0.3, 0.4) is 0 Å². The van der Waals surface area contributed by atoms with Crippen LogP contribution >= 0.6 is 0 Å². The number of piperidine rings is 1. The maximum absolute atomic E-state index is 12.9. The fourth-order valence-electron chi connectivity index (χ4n) is 3.68. The van der Waals surface area contributed by atoms with E-state index in [1.807, 2.05) is 0 Å². The zero-order chi connectivity index (χ0) is 17.2. The Morgan fingerprint density at radius 2 is 1.58 bits per heavy atom. The number of likely N-dealkylation sites (tertiary alicyclic amines) is 1. The largest absolute Gasteiger partial charge is 0.493 e. The van der Waals surface area contributed by atoms with E-state index in [-0.39, 0.29) is 4.90 Å². The van der Waals surface area contributed by atoms with Gasteiger partial charge < -0.3 is 14.4 Å². The Labute approximate surface area is 144 Å². The molecule has 7 heteroatoms. The number of hydrogen-bond acceptors (Lipinski definition) is 5. The predicted octanol–water partition coefficient (Wildman–Crippen LogP) is 1.95. The third-order valence-corrected chi connectivity index (χ3v) is 6.97. The second-order valence-corrected chi connectivity index (χ2v) is 8.33. The lowest BCUT2D eigenvalue weighted by atomic mass is 10.1. The first-order valence-corrected chi connectivity index (χ1v) is 9.96. The Bertz CT molecular complexity index is 663. The lowest BCUT2D eigenvalue weighted by molar-refractivity contribution is 0.168. The van der Waals surface area contributed by atoms with Crippen molar-refractivity contribution in [3.63, 3.8) is 0 Å². The summed E-state index contributed by atoms with van der Waals surface area (Å²) in [6, 6.07) is 5.30. The van der Waals surface area contributed by atoms with Gasteiger partial charge in [-0.05, 0) is 50.9 Å². The van der Waals surface area contributed by atoms with Gasteiger partial charge in [-0.15, -0.1) is 0 Å². The lowest BCUT2D eigenvalue weighted by Crippen LogP contribution is -2.45. The average molecular weight is 354 g/mol. The monoisotopic (exact) mass is 354 g/mol. The molecule has 1 aromatic rings. The molecule has 24 heavy (non-hydrogen) atoms. The molecule has 6 nitrogen and oxygen atoms in total. The van der Waals surface area contributed by atoms with Gasteiger partial charge in [0.2, 0.25) is 10.0 Å². The van der Waals surface area contributed by atoms with E-state index in [0.717, 1.165) is 25.9 Å². The average Bonchev–Trinajstić information content (AvgIpc) is 3.15. The van der Waals surface area contributed by atoms with Gasteiger partial charge in [0, 0.05) is 25.2 Å². The highest BCUT2D eigenvalue weighted by Gasteiger charge is 2.32. The van der Waals surface area contributed by atoms with Crippen LogP contribution in [-0.4, -0.2) is 64.1 Å². The molecule has 2 saturated heterocycles. The van der Waals surface area contributed by atoms with Crippen molar-refractivity contribution in [2.24, 2.45) is 0 Å². The van der Waals surface area contributed by atoms with Crippen LogP contribution in [0.5, 0.6) is 11.5 Å². The van der Waals surface area contributed by atoms with Crippen LogP contribution in [0.15, 0.2) is 23.1 Å². The summed E-state index contributed by atoms with van der Waals surface area (Å²) in [7, 11) is -0.441. The quantitative estimate of drug-likeness (QED) is 0.809. The minimum Gasteiger partial charge on any atom is -0.493 e. The number of nitrogens with zero attached hydrogens (tertiary/aromatic N) is 2. The smallest absolute Gasteiger partial charge is 0.243 e. The molecule has 2 aliphatic heterocycles. The van der Waals surface area contributed by atoms with Gasteiger partial charge in [0.05, 0.1) is 19.1 Å². The predicted molar refractivity (Wildman–Crippen MR) is 92.1 cm³/mol. The van der Waals surface area contributed by atoms with Crippen molar-refractivity contribution in [3.8, 4) is 11.5 Å². The van der Waals surface area contributed by atoms with E-state index in [9.17, 15) is 8.42 Å². The fourth-order valence-corrected chi connectivity index (χ4v) is 5.17. The van der Waals surface area contributed by atoms with Crippen molar-refractivity contribution in [1.82, 2.24) is 9.21 Å². The fraction of sp³-hybridized carbons (Fsp3) is 0.647. The minimum absolute atomic E-state index is 0.264. The molecular weight excluding hydrogens is 328 g/mol. The molecule has 0 unspecified atom stereocenters. The number of methoxy groups -OCH3 is 2. The zero-order valence-corrected chi connectivity index (χ0v) is 15.2. The zero-order valence-electron chi connectivity index (χ0n) is 14.4. The van der Waals surface area contributed by atoms with Gasteiger partial charge in [-0.2, -0.15) is 4.31 Å². The Kier molecular flexibility index (Phi) is 5.32. The first kappa shape index (κ1) is 17.5. The molecule has 2 fully saturated rings. The molecule has 1 aromatic carbocycles. The van der Waals surface area contributed by atoms with Crippen molar-refractivity contribution in [3.05, 3.63) is 18.2 Å². The molecule has 0 N–H and O–H groups in total. The highest BCUT2D eigenvalue weighted by atomic mass is 32.2. The van der Waals surface area contributed by atoms with Gasteiger partial charge in [-0.1, -0.05) is 0 Å². The third kappa shape index (κ3) is 3.38. The number of ether oxygens (including phenoxy) is 2. The molecule has 0 saturated carbocycles. The number of sulfonamides is 1.